The number of hydrogen-bond donors (Lipinski definition) is 0. The van der Waals surface area contributed by atoms with Gasteiger partial charge in [0.15, 0.2) is 0 Å². The molecule has 0 N–H and O–H groups in total. The second-order valence-corrected chi connectivity index (χ2v) is 4.04. The van der Waals surface area contributed by atoms with Crippen LogP contribution in [0, 0.1) is 11.3 Å². The Balaban J connectivity index is 1.98. The van der Waals surface area contributed by atoms with E-state index >= 15 is 0 Å². The van der Waals surface area contributed by atoms with Crippen molar-refractivity contribution in [2.24, 2.45) is 0 Å². The summed E-state index contributed by atoms with van der Waals surface area (Å²) in [5, 5.41) is 9.01. The summed E-state index contributed by atoms with van der Waals surface area (Å²) in [4.78, 5) is 2.42. The molecular formula is C10H16N2. The van der Waals surface area contributed by atoms with Gasteiger partial charge in [0.05, 0.1) is 6.07 Å². The largest absolute Gasteiger partial charge is 0.286 e. The van der Waals surface area contributed by atoms with E-state index in [-0.39, 0.29) is 5.54 Å². The highest BCUT2D eigenvalue weighted by Gasteiger charge is 2.48. The summed E-state index contributed by atoms with van der Waals surface area (Å²) >= 11 is 0. The first-order valence-electron chi connectivity index (χ1n) is 5.04. The molecule has 2 aliphatic rings. The normalized spacial score (nSPS) is 28.9. The van der Waals surface area contributed by atoms with Crippen LogP contribution in [-0.4, -0.2) is 23.5 Å². The predicted molar refractivity (Wildman–Crippen MR) is 47.6 cm³/mol. The van der Waals surface area contributed by atoms with E-state index in [2.05, 4.69) is 11.0 Å². The highest BCUT2D eigenvalue weighted by atomic mass is 15.2. The zero-order valence-electron chi connectivity index (χ0n) is 7.55. The lowest BCUT2D eigenvalue weighted by Gasteiger charge is -2.24. The minimum atomic E-state index is -0.00958. The van der Waals surface area contributed by atoms with Gasteiger partial charge in [0, 0.05) is 0 Å². The van der Waals surface area contributed by atoms with Crippen LogP contribution >= 0.6 is 0 Å². The summed E-state index contributed by atoms with van der Waals surface area (Å²) in [5.74, 6) is 0. The number of nitriles is 1. The molecule has 0 unspecified atom stereocenters. The van der Waals surface area contributed by atoms with Gasteiger partial charge in [-0.15, -0.1) is 0 Å². The molecule has 1 aliphatic carbocycles. The molecule has 0 bridgehead atoms. The molecule has 0 radical (unpaired) electrons. The summed E-state index contributed by atoms with van der Waals surface area (Å²) in [7, 11) is 0. The minimum absolute atomic E-state index is 0.00958. The first kappa shape index (κ1) is 8.07. The summed E-state index contributed by atoms with van der Waals surface area (Å²) in [6.07, 6.45) is 7.54. The average Bonchev–Trinajstić information content (AvgIpc) is 2.90. The highest BCUT2D eigenvalue weighted by Crippen LogP contribution is 2.41. The molecule has 2 fully saturated rings. The third-order valence-electron chi connectivity index (χ3n) is 3.14. The molecule has 1 saturated heterocycles. The van der Waals surface area contributed by atoms with Gasteiger partial charge in [-0.1, -0.05) is 12.8 Å². The molecule has 12 heavy (non-hydrogen) atoms. The van der Waals surface area contributed by atoms with Crippen LogP contribution in [0.3, 0.4) is 0 Å². The molecule has 1 saturated carbocycles. The first-order valence-corrected chi connectivity index (χ1v) is 5.04. The van der Waals surface area contributed by atoms with Gasteiger partial charge in [-0.2, -0.15) is 5.26 Å². The first-order chi connectivity index (χ1) is 5.87. The van der Waals surface area contributed by atoms with Crippen molar-refractivity contribution in [3.8, 4) is 6.07 Å². The number of hydrogen-bond acceptors (Lipinski definition) is 2. The molecule has 0 amide bonds. The predicted octanol–water partition coefficient (Wildman–Crippen LogP) is 1.92. The lowest BCUT2D eigenvalue weighted by atomic mass is 10.2. The van der Waals surface area contributed by atoms with Crippen LogP contribution in [0.5, 0.6) is 0 Å². The molecular weight excluding hydrogens is 148 g/mol. The van der Waals surface area contributed by atoms with E-state index in [1.54, 1.807) is 0 Å². The molecule has 0 aromatic carbocycles. The Kier molecular flexibility index (Phi) is 2.06. The molecule has 2 nitrogen and oxygen atoms in total. The smallest absolute Gasteiger partial charge is 0.109 e. The maximum absolute atomic E-state index is 9.01. The van der Waals surface area contributed by atoms with Gasteiger partial charge in [0.25, 0.3) is 0 Å². The van der Waals surface area contributed by atoms with Crippen molar-refractivity contribution in [1.82, 2.24) is 4.90 Å². The third-order valence-corrected chi connectivity index (χ3v) is 3.14. The van der Waals surface area contributed by atoms with E-state index in [9.17, 15) is 0 Å². The van der Waals surface area contributed by atoms with Crippen molar-refractivity contribution in [3.63, 3.8) is 0 Å². The zero-order valence-corrected chi connectivity index (χ0v) is 7.55. The van der Waals surface area contributed by atoms with Gasteiger partial charge < -0.3 is 0 Å². The van der Waals surface area contributed by atoms with Crippen LogP contribution in [-0.2, 0) is 0 Å². The quantitative estimate of drug-likeness (QED) is 0.592. The van der Waals surface area contributed by atoms with Crippen LogP contribution < -0.4 is 0 Å². The SMILES string of the molecule is N#CC1(N2CCCCCC2)CC1. The molecule has 2 rings (SSSR count). The number of nitrogens with zero attached hydrogens (tertiary/aromatic N) is 2. The Morgan fingerprint density at radius 2 is 1.58 bits per heavy atom. The van der Waals surface area contributed by atoms with Crippen LogP contribution in [0.4, 0.5) is 0 Å². The topological polar surface area (TPSA) is 27.0 Å². The lowest BCUT2D eigenvalue weighted by molar-refractivity contribution is 0.227. The summed E-state index contributed by atoms with van der Waals surface area (Å²) in [6.45, 7) is 2.32. The maximum atomic E-state index is 9.01. The van der Waals surface area contributed by atoms with Gasteiger partial charge in [0.1, 0.15) is 5.54 Å². The molecule has 66 valence electrons. The molecule has 1 heterocycles. The molecule has 0 aromatic heterocycles. The molecule has 0 aromatic rings. The zero-order chi connectivity index (χ0) is 8.44. The van der Waals surface area contributed by atoms with Crippen molar-refractivity contribution >= 4 is 0 Å². The average molecular weight is 164 g/mol. The maximum Gasteiger partial charge on any atom is 0.109 e. The van der Waals surface area contributed by atoms with Gasteiger partial charge in [-0.05, 0) is 38.8 Å². The monoisotopic (exact) mass is 164 g/mol. The third kappa shape index (κ3) is 1.34. The van der Waals surface area contributed by atoms with Crippen LogP contribution in [0.1, 0.15) is 38.5 Å². The van der Waals surface area contributed by atoms with E-state index in [1.807, 2.05) is 0 Å². The Morgan fingerprint density at radius 1 is 1.00 bits per heavy atom. The summed E-state index contributed by atoms with van der Waals surface area (Å²) in [6, 6.07) is 2.48. The van der Waals surface area contributed by atoms with Crippen LogP contribution in [0.2, 0.25) is 0 Å². The molecule has 1 aliphatic heterocycles. The van der Waals surface area contributed by atoms with E-state index in [1.165, 1.54) is 25.7 Å². The Morgan fingerprint density at radius 3 is 2.00 bits per heavy atom. The van der Waals surface area contributed by atoms with E-state index in [4.69, 9.17) is 5.26 Å². The van der Waals surface area contributed by atoms with E-state index < -0.39 is 0 Å². The molecule has 0 atom stereocenters. The second kappa shape index (κ2) is 3.06. The van der Waals surface area contributed by atoms with E-state index in [0.29, 0.717) is 0 Å². The fourth-order valence-electron chi connectivity index (χ4n) is 2.12. The minimum Gasteiger partial charge on any atom is -0.286 e. The second-order valence-electron chi connectivity index (χ2n) is 4.04. The van der Waals surface area contributed by atoms with Crippen LogP contribution in [0.25, 0.3) is 0 Å². The van der Waals surface area contributed by atoms with Gasteiger partial charge >= 0.3 is 0 Å². The Hall–Kier alpha value is -0.550. The van der Waals surface area contributed by atoms with Crippen molar-refractivity contribution in [2.45, 2.75) is 44.1 Å². The lowest BCUT2D eigenvalue weighted by Crippen LogP contribution is -2.36. The number of likely N-dealkylation sites (tertiary alicyclic amines) is 1. The molecule has 2 heteroatoms. The van der Waals surface area contributed by atoms with E-state index in [0.717, 1.165) is 25.9 Å². The Bertz CT molecular complexity index is 192. The van der Waals surface area contributed by atoms with Gasteiger partial charge in [-0.25, -0.2) is 0 Å². The number of rotatable bonds is 1. The standard InChI is InChI=1S/C10H16N2/c11-9-10(5-6-10)12-7-3-1-2-4-8-12/h1-8H2. The van der Waals surface area contributed by atoms with Crippen LogP contribution in [0.15, 0.2) is 0 Å². The summed E-state index contributed by atoms with van der Waals surface area (Å²) < 4.78 is 0. The highest BCUT2D eigenvalue weighted by molar-refractivity contribution is 5.19. The van der Waals surface area contributed by atoms with Crippen molar-refractivity contribution < 1.29 is 0 Å². The van der Waals surface area contributed by atoms with Gasteiger partial charge in [-0.3, -0.25) is 4.90 Å². The summed E-state index contributed by atoms with van der Waals surface area (Å²) in [5.41, 5.74) is -0.00958. The fourth-order valence-corrected chi connectivity index (χ4v) is 2.12. The van der Waals surface area contributed by atoms with Gasteiger partial charge in [0.2, 0.25) is 0 Å². The van der Waals surface area contributed by atoms with Crippen molar-refractivity contribution in [1.29, 1.82) is 5.26 Å². The van der Waals surface area contributed by atoms with Crippen molar-refractivity contribution in [2.75, 3.05) is 13.1 Å². The van der Waals surface area contributed by atoms with Crippen molar-refractivity contribution in [3.05, 3.63) is 0 Å². The molecule has 0 spiro atoms. The fraction of sp³-hybridized carbons (Fsp3) is 0.900. The Labute approximate surface area is 74.2 Å².